The highest BCUT2D eigenvalue weighted by Gasteiger charge is 2.03. The van der Waals surface area contributed by atoms with Gasteiger partial charge in [0.15, 0.2) is 0 Å². The fourth-order valence-electron chi connectivity index (χ4n) is 2.05. The lowest BCUT2D eigenvalue weighted by Crippen LogP contribution is -2.09. The number of nitrogens with zero attached hydrogens (tertiary/aromatic N) is 2. The second-order valence-corrected chi connectivity index (χ2v) is 4.90. The molecule has 5 nitrogen and oxygen atoms in total. The first kappa shape index (κ1) is 15.1. The molecule has 0 unspecified atom stereocenters. The standard InChI is InChI=1S/C16H22N4O/c1-3-4-14-19-15(17-2)11-16(20-14)18-10-9-12-5-7-13(21)8-6-12/h5-8,11,21H,3-4,9-10H2,1-2H3,(H2,17,18,19,20). The van der Waals surface area contributed by atoms with Crippen molar-refractivity contribution in [1.82, 2.24) is 9.97 Å². The molecule has 1 aromatic heterocycles. The van der Waals surface area contributed by atoms with E-state index in [1.165, 1.54) is 5.56 Å². The molecule has 0 aliphatic carbocycles. The Labute approximate surface area is 125 Å². The van der Waals surface area contributed by atoms with Gasteiger partial charge in [0.25, 0.3) is 0 Å². The highest BCUT2D eigenvalue weighted by atomic mass is 16.3. The quantitative estimate of drug-likeness (QED) is 0.730. The summed E-state index contributed by atoms with van der Waals surface area (Å²) in [6.45, 7) is 2.91. The van der Waals surface area contributed by atoms with Crippen LogP contribution in [0.15, 0.2) is 30.3 Å². The summed E-state index contributed by atoms with van der Waals surface area (Å²) in [6.07, 6.45) is 2.78. The van der Waals surface area contributed by atoms with Gasteiger partial charge in [0, 0.05) is 26.1 Å². The van der Waals surface area contributed by atoms with E-state index in [0.29, 0.717) is 5.75 Å². The Hall–Kier alpha value is -2.30. The molecule has 0 atom stereocenters. The lowest BCUT2D eigenvalue weighted by Gasteiger charge is -2.09. The smallest absolute Gasteiger partial charge is 0.133 e. The third-order valence-electron chi connectivity index (χ3n) is 3.16. The van der Waals surface area contributed by atoms with Crippen molar-refractivity contribution < 1.29 is 5.11 Å². The largest absolute Gasteiger partial charge is 0.508 e. The van der Waals surface area contributed by atoms with Crippen LogP contribution in [0.25, 0.3) is 0 Å². The minimum atomic E-state index is 0.297. The van der Waals surface area contributed by atoms with Gasteiger partial charge in [0.2, 0.25) is 0 Å². The van der Waals surface area contributed by atoms with Crippen molar-refractivity contribution in [3.8, 4) is 5.75 Å². The van der Waals surface area contributed by atoms with Crippen LogP contribution in [-0.4, -0.2) is 28.7 Å². The van der Waals surface area contributed by atoms with E-state index in [-0.39, 0.29) is 0 Å². The fourth-order valence-corrected chi connectivity index (χ4v) is 2.05. The van der Waals surface area contributed by atoms with Crippen molar-refractivity contribution in [3.05, 3.63) is 41.7 Å². The van der Waals surface area contributed by atoms with Crippen molar-refractivity contribution in [1.29, 1.82) is 0 Å². The van der Waals surface area contributed by atoms with E-state index in [4.69, 9.17) is 0 Å². The molecule has 3 N–H and O–H groups in total. The van der Waals surface area contributed by atoms with Gasteiger partial charge in [-0.15, -0.1) is 0 Å². The molecule has 0 amide bonds. The second-order valence-electron chi connectivity index (χ2n) is 4.90. The Morgan fingerprint density at radius 3 is 2.43 bits per heavy atom. The number of aromatic hydroxyl groups is 1. The van der Waals surface area contributed by atoms with Crippen molar-refractivity contribution in [2.24, 2.45) is 0 Å². The van der Waals surface area contributed by atoms with E-state index >= 15 is 0 Å². The molecule has 2 rings (SSSR count). The zero-order valence-electron chi connectivity index (χ0n) is 12.6. The number of aryl methyl sites for hydroxylation is 1. The normalized spacial score (nSPS) is 10.4. The maximum Gasteiger partial charge on any atom is 0.133 e. The van der Waals surface area contributed by atoms with Crippen LogP contribution in [0.4, 0.5) is 11.6 Å². The predicted molar refractivity (Wildman–Crippen MR) is 85.9 cm³/mol. The summed E-state index contributed by atoms with van der Waals surface area (Å²) in [5.74, 6) is 2.83. The van der Waals surface area contributed by atoms with Crippen LogP contribution in [0, 0.1) is 0 Å². The Morgan fingerprint density at radius 1 is 1.05 bits per heavy atom. The SMILES string of the molecule is CCCc1nc(NC)cc(NCCc2ccc(O)cc2)n1. The highest BCUT2D eigenvalue weighted by Crippen LogP contribution is 2.13. The first-order chi connectivity index (χ1) is 10.2. The molecule has 2 aromatic rings. The van der Waals surface area contributed by atoms with Gasteiger partial charge in [0.1, 0.15) is 23.2 Å². The average Bonchev–Trinajstić information content (AvgIpc) is 2.49. The maximum absolute atomic E-state index is 9.26. The number of aromatic nitrogens is 2. The fraction of sp³-hybridized carbons (Fsp3) is 0.375. The van der Waals surface area contributed by atoms with Crippen LogP contribution < -0.4 is 10.6 Å². The molecule has 112 valence electrons. The monoisotopic (exact) mass is 286 g/mol. The Bertz CT molecular complexity index is 569. The predicted octanol–water partition coefficient (Wildman–Crippen LogP) is 2.83. The molecule has 0 spiro atoms. The lowest BCUT2D eigenvalue weighted by molar-refractivity contribution is 0.475. The number of benzene rings is 1. The summed E-state index contributed by atoms with van der Waals surface area (Å²) in [6, 6.07) is 9.18. The van der Waals surface area contributed by atoms with E-state index in [1.54, 1.807) is 12.1 Å². The van der Waals surface area contributed by atoms with Crippen molar-refractivity contribution in [2.75, 3.05) is 24.2 Å². The van der Waals surface area contributed by atoms with Crippen molar-refractivity contribution >= 4 is 11.6 Å². The number of rotatable bonds is 7. The van der Waals surface area contributed by atoms with Gasteiger partial charge >= 0.3 is 0 Å². The van der Waals surface area contributed by atoms with Gasteiger partial charge in [-0.25, -0.2) is 9.97 Å². The molecule has 0 saturated heterocycles. The number of nitrogens with one attached hydrogen (secondary N) is 2. The van der Waals surface area contributed by atoms with Crippen LogP contribution >= 0.6 is 0 Å². The van der Waals surface area contributed by atoms with E-state index in [0.717, 1.165) is 43.3 Å². The molecule has 21 heavy (non-hydrogen) atoms. The first-order valence-corrected chi connectivity index (χ1v) is 7.28. The van der Waals surface area contributed by atoms with Gasteiger partial charge < -0.3 is 15.7 Å². The Balaban J connectivity index is 1.95. The average molecular weight is 286 g/mol. The summed E-state index contributed by atoms with van der Waals surface area (Å²) >= 11 is 0. The van der Waals surface area contributed by atoms with E-state index in [1.807, 2.05) is 25.2 Å². The molecule has 0 fully saturated rings. The van der Waals surface area contributed by atoms with Crippen LogP contribution in [0.2, 0.25) is 0 Å². The van der Waals surface area contributed by atoms with E-state index in [9.17, 15) is 5.11 Å². The Morgan fingerprint density at radius 2 is 1.76 bits per heavy atom. The number of hydrogen-bond donors (Lipinski definition) is 3. The third kappa shape index (κ3) is 4.63. The van der Waals surface area contributed by atoms with Crippen molar-refractivity contribution in [2.45, 2.75) is 26.2 Å². The number of phenolic OH excluding ortho intramolecular Hbond substituents is 1. The topological polar surface area (TPSA) is 70.1 Å². The summed E-state index contributed by atoms with van der Waals surface area (Å²) in [5, 5.41) is 15.6. The van der Waals surface area contributed by atoms with Gasteiger partial charge in [-0.3, -0.25) is 0 Å². The Kier molecular flexibility index (Phi) is 5.37. The van der Waals surface area contributed by atoms with Gasteiger partial charge in [-0.1, -0.05) is 19.1 Å². The third-order valence-corrected chi connectivity index (χ3v) is 3.16. The van der Waals surface area contributed by atoms with Gasteiger partial charge in [0.05, 0.1) is 0 Å². The summed E-state index contributed by atoms with van der Waals surface area (Å²) in [4.78, 5) is 8.94. The molecule has 1 aromatic carbocycles. The molecule has 0 saturated carbocycles. The number of phenols is 1. The van der Waals surface area contributed by atoms with Gasteiger partial charge in [-0.2, -0.15) is 0 Å². The molecule has 0 aliphatic rings. The summed E-state index contributed by atoms with van der Waals surface area (Å²) in [7, 11) is 1.86. The van der Waals surface area contributed by atoms with Crippen LogP contribution in [0.5, 0.6) is 5.75 Å². The minimum absolute atomic E-state index is 0.297. The zero-order valence-corrected chi connectivity index (χ0v) is 12.6. The van der Waals surface area contributed by atoms with Crippen LogP contribution in [0.1, 0.15) is 24.7 Å². The molecule has 1 heterocycles. The summed E-state index contributed by atoms with van der Waals surface area (Å²) in [5.41, 5.74) is 1.18. The molecule has 0 aliphatic heterocycles. The van der Waals surface area contributed by atoms with Crippen molar-refractivity contribution in [3.63, 3.8) is 0 Å². The maximum atomic E-state index is 9.26. The molecular weight excluding hydrogens is 264 g/mol. The first-order valence-electron chi connectivity index (χ1n) is 7.28. The summed E-state index contributed by atoms with van der Waals surface area (Å²) < 4.78 is 0. The van der Waals surface area contributed by atoms with E-state index in [2.05, 4.69) is 27.5 Å². The second kappa shape index (κ2) is 7.47. The van der Waals surface area contributed by atoms with Crippen LogP contribution in [-0.2, 0) is 12.8 Å². The van der Waals surface area contributed by atoms with E-state index < -0.39 is 0 Å². The molecule has 5 heteroatoms. The lowest BCUT2D eigenvalue weighted by atomic mass is 10.1. The zero-order chi connectivity index (χ0) is 15.1. The highest BCUT2D eigenvalue weighted by molar-refractivity contribution is 5.47. The minimum Gasteiger partial charge on any atom is -0.508 e. The number of anilines is 2. The number of hydrogen-bond acceptors (Lipinski definition) is 5. The van der Waals surface area contributed by atoms with Gasteiger partial charge in [-0.05, 0) is 30.5 Å². The molecule has 0 bridgehead atoms. The molecule has 0 radical (unpaired) electrons. The van der Waals surface area contributed by atoms with Crippen LogP contribution in [0.3, 0.4) is 0 Å². The molecular formula is C16H22N4O.